The lowest BCUT2D eigenvalue weighted by Gasteiger charge is -2.22. The molecule has 1 N–H and O–H groups in total. The smallest absolute Gasteiger partial charge is 0.310 e. The zero-order valence-corrected chi connectivity index (χ0v) is 15.8. The molecule has 0 aliphatic rings. The van der Waals surface area contributed by atoms with Crippen LogP contribution in [0.5, 0.6) is 0 Å². The highest BCUT2D eigenvalue weighted by molar-refractivity contribution is 5.33. The third-order valence-electron chi connectivity index (χ3n) is 5.02. The second kappa shape index (κ2) is 9.07. The van der Waals surface area contributed by atoms with Crippen LogP contribution in [0.3, 0.4) is 0 Å². The van der Waals surface area contributed by atoms with Crippen molar-refractivity contribution in [3.63, 3.8) is 0 Å². The molecule has 0 fully saturated rings. The number of nitrogens with one attached hydrogen (secondary N) is 1. The molecule has 0 saturated heterocycles. The van der Waals surface area contributed by atoms with Gasteiger partial charge in [-0.1, -0.05) is 78.9 Å². The summed E-state index contributed by atoms with van der Waals surface area (Å²) >= 11 is 0. The molecule has 0 saturated carbocycles. The molecule has 0 aliphatic carbocycles. The van der Waals surface area contributed by atoms with Gasteiger partial charge in [-0.15, -0.1) is 0 Å². The van der Waals surface area contributed by atoms with Crippen molar-refractivity contribution in [2.75, 3.05) is 6.54 Å². The Hall–Kier alpha value is -2.59. The number of benzene rings is 3. The molecular weight excluding hydrogens is 359 g/mol. The van der Waals surface area contributed by atoms with Gasteiger partial charge in [0.15, 0.2) is 0 Å². The molecular formula is C24H24F3N. The van der Waals surface area contributed by atoms with Gasteiger partial charge in [-0.2, -0.15) is 13.2 Å². The lowest BCUT2D eigenvalue weighted by molar-refractivity contribution is -0.138. The standard InChI is InChI=1S/C24H24F3N/c1-18(21-14-8-9-15-23(21)24(25,26)27)28-17-16-22(19-10-4-2-5-11-19)20-12-6-3-7-13-20/h2-15,18,22,28H,16-17H2,1H3. The van der Waals surface area contributed by atoms with Gasteiger partial charge < -0.3 is 5.32 Å². The summed E-state index contributed by atoms with van der Waals surface area (Å²) in [7, 11) is 0. The molecule has 0 heterocycles. The summed E-state index contributed by atoms with van der Waals surface area (Å²) in [4.78, 5) is 0. The number of alkyl halides is 3. The minimum atomic E-state index is -4.34. The van der Waals surface area contributed by atoms with Gasteiger partial charge >= 0.3 is 6.18 Å². The van der Waals surface area contributed by atoms with E-state index in [1.807, 2.05) is 36.4 Å². The highest BCUT2D eigenvalue weighted by Crippen LogP contribution is 2.34. The maximum atomic E-state index is 13.3. The first-order valence-electron chi connectivity index (χ1n) is 9.46. The minimum absolute atomic E-state index is 0.194. The second-order valence-electron chi connectivity index (χ2n) is 6.92. The zero-order chi connectivity index (χ0) is 20.0. The van der Waals surface area contributed by atoms with Gasteiger partial charge in [-0.25, -0.2) is 0 Å². The van der Waals surface area contributed by atoms with Crippen molar-refractivity contribution in [1.29, 1.82) is 0 Å². The van der Waals surface area contributed by atoms with Crippen LogP contribution in [0, 0.1) is 0 Å². The van der Waals surface area contributed by atoms with Crippen LogP contribution in [-0.2, 0) is 6.18 Å². The Bertz CT molecular complexity index is 820. The van der Waals surface area contributed by atoms with E-state index in [1.165, 1.54) is 17.2 Å². The van der Waals surface area contributed by atoms with Gasteiger partial charge in [0.2, 0.25) is 0 Å². The van der Waals surface area contributed by atoms with Crippen molar-refractivity contribution >= 4 is 0 Å². The van der Waals surface area contributed by atoms with Gasteiger partial charge in [0.05, 0.1) is 5.56 Å². The topological polar surface area (TPSA) is 12.0 Å². The van der Waals surface area contributed by atoms with Crippen LogP contribution in [0.15, 0.2) is 84.9 Å². The Kier molecular flexibility index (Phi) is 6.53. The minimum Gasteiger partial charge on any atom is -0.310 e. The molecule has 0 amide bonds. The van der Waals surface area contributed by atoms with Crippen molar-refractivity contribution in [3.05, 3.63) is 107 Å². The van der Waals surface area contributed by atoms with Crippen molar-refractivity contribution in [2.24, 2.45) is 0 Å². The first kappa shape index (κ1) is 20.2. The van der Waals surface area contributed by atoms with E-state index in [9.17, 15) is 13.2 Å². The fourth-order valence-electron chi connectivity index (χ4n) is 3.58. The average Bonchev–Trinajstić information content (AvgIpc) is 2.72. The summed E-state index contributed by atoms with van der Waals surface area (Å²) in [6.07, 6.45) is -3.55. The molecule has 3 rings (SSSR count). The number of rotatable bonds is 7. The molecule has 4 heteroatoms. The molecule has 1 unspecified atom stereocenters. The van der Waals surface area contributed by atoms with Crippen LogP contribution in [0.4, 0.5) is 13.2 Å². The average molecular weight is 383 g/mol. The predicted octanol–water partition coefficient (Wildman–Crippen LogP) is 6.58. The summed E-state index contributed by atoms with van der Waals surface area (Å²) in [5, 5.41) is 3.28. The fraction of sp³-hybridized carbons (Fsp3) is 0.250. The molecule has 1 atom stereocenters. The van der Waals surface area contributed by atoms with Crippen molar-refractivity contribution in [2.45, 2.75) is 31.5 Å². The molecule has 0 radical (unpaired) electrons. The van der Waals surface area contributed by atoms with Crippen LogP contribution < -0.4 is 5.32 Å². The lowest BCUT2D eigenvalue weighted by atomic mass is 9.88. The Labute approximate surface area is 164 Å². The van der Waals surface area contributed by atoms with Crippen molar-refractivity contribution in [3.8, 4) is 0 Å². The summed E-state index contributed by atoms with van der Waals surface area (Å²) in [5.74, 6) is 0.194. The highest BCUT2D eigenvalue weighted by atomic mass is 19.4. The Balaban J connectivity index is 1.72. The zero-order valence-electron chi connectivity index (χ0n) is 15.8. The van der Waals surface area contributed by atoms with Crippen LogP contribution in [0.25, 0.3) is 0 Å². The fourth-order valence-corrected chi connectivity index (χ4v) is 3.58. The Morgan fingerprint density at radius 3 is 1.79 bits per heavy atom. The third-order valence-corrected chi connectivity index (χ3v) is 5.02. The molecule has 3 aromatic rings. The third kappa shape index (κ3) is 5.02. The van der Waals surface area contributed by atoms with E-state index in [4.69, 9.17) is 0 Å². The van der Waals surface area contributed by atoms with Gasteiger partial charge in [0.1, 0.15) is 0 Å². The number of halogens is 3. The van der Waals surface area contributed by atoms with Crippen LogP contribution >= 0.6 is 0 Å². The van der Waals surface area contributed by atoms with Gasteiger partial charge in [0, 0.05) is 12.0 Å². The number of hydrogen-bond donors (Lipinski definition) is 1. The van der Waals surface area contributed by atoms with Crippen LogP contribution in [0.2, 0.25) is 0 Å². The largest absolute Gasteiger partial charge is 0.416 e. The summed E-state index contributed by atoms with van der Waals surface area (Å²) < 4.78 is 39.8. The van der Waals surface area contributed by atoms with Crippen molar-refractivity contribution in [1.82, 2.24) is 5.32 Å². The molecule has 146 valence electrons. The molecule has 1 nitrogen and oxygen atoms in total. The molecule has 28 heavy (non-hydrogen) atoms. The first-order valence-corrected chi connectivity index (χ1v) is 9.46. The number of hydrogen-bond acceptors (Lipinski definition) is 1. The monoisotopic (exact) mass is 383 g/mol. The van der Waals surface area contributed by atoms with E-state index in [0.29, 0.717) is 6.54 Å². The van der Waals surface area contributed by atoms with E-state index in [1.54, 1.807) is 19.1 Å². The van der Waals surface area contributed by atoms with Gasteiger partial charge in [-0.05, 0) is 42.6 Å². The van der Waals surface area contributed by atoms with E-state index in [-0.39, 0.29) is 17.5 Å². The van der Waals surface area contributed by atoms with E-state index >= 15 is 0 Å². The first-order chi connectivity index (χ1) is 13.5. The summed E-state index contributed by atoms with van der Waals surface area (Å²) in [6.45, 7) is 2.40. The lowest BCUT2D eigenvalue weighted by Crippen LogP contribution is -2.24. The van der Waals surface area contributed by atoms with Crippen LogP contribution in [0.1, 0.15) is 47.6 Å². The molecule has 3 aromatic carbocycles. The van der Waals surface area contributed by atoms with Gasteiger partial charge in [0.25, 0.3) is 0 Å². The Morgan fingerprint density at radius 1 is 0.750 bits per heavy atom. The maximum absolute atomic E-state index is 13.3. The molecule has 0 spiro atoms. The van der Waals surface area contributed by atoms with E-state index < -0.39 is 11.7 Å². The van der Waals surface area contributed by atoms with Crippen molar-refractivity contribution < 1.29 is 13.2 Å². The molecule has 0 aromatic heterocycles. The summed E-state index contributed by atoms with van der Waals surface area (Å²) in [5.41, 5.74) is 2.13. The second-order valence-corrected chi connectivity index (χ2v) is 6.92. The summed E-state index contributed by atoms with van der Waals surface area (Å²) in [6, 6.07) is 25.8. The molecule has 0 bridgehead atoms. The normalized spacial score (nSPS) is 12.9. The Morgan fingerprint density at radius 2 is 1.25 bits per heavy atom. The predicted molar refractivity (Wildman–Crippen MR) is 107 cm³/mol. The van der Waals surface area contributed by atoms with E-state index in [0.717, 1.165) is 12.5 Å². The maximum Gasteiger partial charge on any atom is 0.416 e. The van der Waals surface area contributed by atoms with Crippen LogP contribution in [-0.4, -0.2) is 6.54 Å². The van der Waals surface area contributed by atoms with E-state index in [2.05, 4.69) is 29.6 Å². The molecule has 0 aliphatic heterocycles. The quantitative estimate of drug-likeness (QED) is 0.486. The SMILES string of the molecule is CC(NCCC(c1ccccc1)c1ccccc1)c1ccccc1C(F)(F)F. The van der Waals surface area contributed by atoms with Gasteiger partial charge in [-0.3, -0.25) is 0 Å². The highest BCUT2D eigenvalue weighted by Gasteiger charge is 2.34.